The van der Waals surface area contributed by atoms with Crippen LogP contribution < -0.4 is 5.32 Å². The van der Waals surface area contributed by atoms with Crippen LogP contribution in [0.15, 0.2) is 48.6 Å². The summed E-state index contributed by atoms with van der Waals surface area (Å²) in [6.07, 6.45) is 5.79. The average Bonchev–Trinajstić information content (AvgIpc) is 2.38. The molecule has 0 radical (unpaired) electrons. The highest BCUT2D eigenvalue weighted by Gasteiger charge is 2.21. The molecule has 20 heavy (non-hydrogen) atoms. The maximum absolute atomic E-state index is 11.2. The topological polar surface area (TPSA) is 49.3 Å². The molecule has 3 heteroatoms. The number of para-hydroxylation sites is 1. The second-order valence-corrected chi connectivity index (χ2v) is 5.42. The first kappa shape index (κ1) is 16.0. The van der Waals surface area contributed by atoms with Crippen molar-refractivity contribution in [2.45, 2.75) is 39.2 Å². The lowest BCUT2D eigenvalue weighted by molar-refractivity contribution is 0.0698. The second kappa shape index (κ2) is 6.94. The molecule has 1 rings (SSSR count). The first-order valence-corrected chi connectivity index (χ1v) is 6.75. The molecule has 0 spiro atoms. The van der Waals surface area contributed by atoms with E-state index in [4.69, 9.17) is 0 Å². The van der Waals surface area contributed by atoms with E-state index < -0.39 is 5.97 Å². The molecule has 1 unspecified atom stereocenters. The molecule has 1 aromatic carbocycles. The molecular formula is C17H23NO2. The number of hydrogen-bond acceptors (Lipinski definition) is 2. The van der Waals surface area contributed by atoms with Crippen molar-refractivity contribution >= 4 is 11.7 Å². The van der Waals surface area contributed by atoms with Gasteiger partial charge in [0.25, 0.3) is 0 Å². The van der Waals surface area contributed by atoms with Crippen molar-refractivity contribution in [3.63, 3.8) is 0 Å². The number of nitrogens with one attached hydrogen (secondary N) is 1. The lowest BCUT2D eigenvalue weighted by atomic mass is 9.94. The Balaban J connectivity index is 2.90. The smallest absolute Gasteiger partial charge is 0.337 e. The number of aromatic carboxylic acids is 1. The van der Waals surface area contributed by atoms with Crippen molar-refractivity contribution < 1.29 is 9.90 Å². The predicted octanol–water partition coefficient (Wildman–Crippen LogP) is 4.49. The fourth-order valence-corrected chi connectivity index (χ4v) is 1.96. The van der Waals surface area contributed by atoms with Crippen molar-refractivity contribution in [3.8, 4) is 0 Å². The number of benzene rings is 1. The molecule has 0 heterocycles. The Labute approximate surface area is 121 Å². The van der Waals surface area contributed by atoms with E-state index in [0.717, 1.165) is 12.8 Å². The molecule has 0 aliphatic rings. The van der Waals surface area contributed by atoms with Crippen molar-refractivity contribution in [1.29, 1.82) is 0 Å². The van der Waals surface area contributed by atoms with Crippen LogP contribution >= 0.6 is 0 Å². The van der Waals surface area contributed by atoms with Crippen LogP contribution in [0.2, 0.25) is 0 Å². The van der Waals surface area contributed by atoms with Crippen LogP contribution in [0.25, 0.3) is 0 Å². The molecule has 0 aromatic heterocycles. The van der Waals surface area contributed by atoms with Crippen LogP contribution in [0.5, 0.6) is 0 Å². The molecule has 1 atom stereocenters. The van der Waals surface area contributed by atoms with Crippen LogP contribution in [-0.4, -0.2) is 16.6 Å². The van der Waals surface area contributed by atoms with Gasteiger partial charge in [0.1, 0.15) is 0 Å². The van der Waals surface area contributed by atoms with Crippen molar-refractivity contribution in [3.05, 3.63) is 54.1 Å². The minimum atomic E-state index is -0.927. The molecule has 0 aliphatic heterocycles. The second-order valence-electron chi connectivity index (χ2n) is 5.42. The van der Waals surface area contributed by atoms with Gasteiger partial charge in [-0.15, -0.1) is 6.58 Å². The van der Waals surface area contributed by atoms with Crippen LogP contribution in [0.4, 0.5) is 5.69 Å². The zero-order valence-corrected chi connectivity index (χ0v) is 12.4. The summed E-state index contributed by atoms with van der Waals surface area (Å²) in [5.74, 6) is -0.927. The Hall–Kier alpha value is -2.03. The van der Waals surface area contributed by atoms with E-state index >= 15 is 0 Å². The lowest BCUT2D eigenvalue weighted by Crippen LogP contribution is -2.32. The van der Waals surface area contributed by atoms with Crippen molar-refractivity contribution in [2.24, 2.45) is 0 Å². The third kappa shape index (κ3) is 4.57. The Morgan fingerprint density at radius 1 is 1.40 bits per heavy atom. The van der Waals surface area contributed by atoms with Gasteiger partial charge >= 0.3 is 5.97 Å². The van der Waals surface area contributed by atoms with E-state index in [2.05, 4.69) is 31.8 Å². The standard InChI is InChI=1S/C17H23NO2/c1-5-17(4,12-8-9-13(2)3)18-15-11-7-6-10-14(15)16(19)20/h5-7,9-11,18H,1,8,12H2,2-4H3,(H,19,20). The van der Waals surface area contributed by atoms with Crippen LogP contribution in [0, 0.1) is 0 Å². The minimum Gasteiger partial charge on any atom is -0.478 e. The summed E-state index contributed by atoms with van der Waals surface area (Å²) in [4.78, 5) is 11.2. The molecule has 0 saturated heterocycles. The van der Waals surface area contributed by atoms with Gasteiger partial charge in [-0.1, -0.05) is 29.9 Å². The molecule has 108 valence electrons. The van der Waals surface area contributed by atoms with Gasteiger partial charge in [0.2, 0.25) is 0 Å². The molecule has 2 N–H and O–H groups in total. The van der Waals surface area contributed by atoms with Crippen LogP contribution in [-0.2, 0) is 0 Å². The van der Waals surface area contributed by atoms with Crippen LogP contribution in [0.1, 0.15) is 44.0 Å². The molecule has 0 saturated carbocycles. The molecule has 1 aromatic rings. The Morgan fingerprint density at radius 3 is 2.60 bits per heavy atom. The summed E-state index contributed by atoms with van der Waals surface area (Å²) in [6.45, 7) is 10.0. The Bertz CT molecular complexity index is 515. The Kier molecular flexibility index (Phi) is 5.56. The summed E-state index contributed by atoms with van der Waals surface area (Å²) in [5.41, 5.74) is 1.85. The van der Waals surface area contributed by atoms with Crippen molar-refractivity contribution in [1.82, 2.24) is 0 Å². The monoisotopic (exact) mass is 273 g/mol. The number of anilines is 1. The summed E-state index contributed by atoms with van der Waals surface area (Å²) >= 11 is 0. The zero-order valence-electron chi connectivity index (χ0n) is 12.4. The molecular weight excluding hydrogens is 250 g/mol. The fourth-order valence-electron chi connectivity index (χ4n) is 1.96. The van der Waals surface area contributed by atoms with Gasteiger partial charge in [-0.2, -0.15) is 0 Å². The summed E-state index contributed by atoms with van der Waals surface area (Å²) in [6, 6.07) is 6.94. The van der Waals surface area contributed by atoms with E-state index in [9.17, 15) is 9.90 Å². The lowest BCUT2D eigenvalue weighted by Gasteiger charge is -2.29. The number of carbonyl (C=O) groups is 1. The zero-order chi connectivity index (χ0) is 15.2. The maximum atomic E-state index is 11.2. The number of carboxylic acids is 1. The minimum absolute atomic E-state index is 0.280. The van der Waals surface area contributed by atoms with E-state index in [0.29, 0.717) is 5.69 Å². The average molecular weight is 273 g/mol. The van der Waals surface area contributed by atoms with Crippen molar-refractivity contribution in [2.75, 3.05) is 5.32 Å². The molecule has 0 amide bonds. The van der Waals surface area contributed by atoms with Gasteiger partial charge in [-0.25, -0.2) is 4.79 Å². The SMILES string of the molecule is C=CC(C)(CCC=C(C)C)Nc1ccccc1C(=O)O. The first-order chi connectivity index (χ1) is 9.38. The summed E-state index contributed by atoms with van der Waals surface area (Å²) in [5, 5.41) is 12.5. The Morgan fingerprint density at radius 2 is 2.05 bits per heavy atom. The van der Waals surface area contributed by atoms with Gasteiger partial charge in [-0.3, -0.25) is 0 Å². The number of carboxylic acid groups (broad SMARTS) is 1. The van der Waals surface area contributed by atoms with E-state index in [1.54, 1.807) is 18.2 Å². The summed E-state index contributed by atoms with van der Waals surface area (Å²) < 4.78 is 0. The number of hydrogen-bond donors (Lipinski definition) is 2. The van der Waals surface area contributed by atoms with E-state index in [-0.39, 0.29) is 11.1 Å². The molecule has 0 bridgehead atoms. The van der Waals surface area contributed by atoms with Gasteiger partial charge in [0.05, 0.1) is 11.1 Å². The number of rotatable bonds is 7. The fraction of sp³-hybridized carbons (Fsp3) is 0.353. The van der Waals surface area contributed by atoms with E-state index in [1.165, 1.54) is 5.57 Å². The van der Waals surface area contributed by atoms with Gasteiger partial charge in [0.15, 0.2) is 0 Å². The predicted molar refractivity (Wildman–Crippen MR) is 84.3 cm³/mol. The highest BCUT2D eigenvalue weighted by molar-refractivity contribution is 5.94. The summed E-state index contributed by atoms with van der Waals surface area (Å²) in [7, 11) is 0. The van der Waals surface area contributed by atoms with E-state index in [1.807, 2.05) is 19.1 Å². The van der Waals surface area contributed by atoms with Gasteiger partial charge in [-0.05, 0) is 45.7 Å². The third-order valence-electron chi connectivity index (χ3n) is 3.24. The highest BCUT2D eigenvalue weighted by Crippen LogP contribution is 2.24. The van der Waals surface area contributed by atoms with Gasteiger partial charge < -0.3 is 10.4 Å². The maximum Gasteiger partial charge on any atom is 0.337 e. The normalized spacial score (nSPS) is 13.2. The number of allylic oxidation sites excluding steroid dienone is 2. The third-order valence-corrected chi connectivity index (χ3v) is 3.24. The first-order valence-electron chi connectivity index (χ1n) is 6.75. The molecule has 0 aliphatic carbocycles. The quantitative estimate of drug-likeness (QED) is 0.720. The van der Waals surface area contributed by atoms with Crippen LogP contribution in [0.3, 0.4) is 0 Å². The van der Waals surface area contributed by atoms with Gasteiger partial charge in [0, 0.05) is 5.69 Å². The molecule has 0 fully saturated rings. The largest absolute Gasteiger partial charge is 0.478 e. The highest BCUT2D eigenvalue weighted by atomic mass is 16.4. The molecule has 3 nitrogen and oxygen atoms in total.